The van der Waals surface area contributed by atoms with Gasteiger partial charge in [0.2, 0.25) is 0 Å². The minimum Gasteiger partial charge on any atom is -0.545 e. The number of anilines is 4. The molecule has 3 rings (SSSR count). The summed E-state index contributed by atoms with van der Waals surface area (Å²) in [6, 6.07) is 20.1. The Kier molecular flexibility index (Phi) is 8.92. The Morgan fingerprint density at radius 1 is 0.607 bits per heavy atom. The minimum absolute atomic E-state index is 0. The Hall–Kier alpha value is -2.61. The second-order valence-corrected chi connectivity index (χ2v) is 5.50. The third-order valence-corrected chi connectivity index (χ3v) is 3.70. The van der Waals surface area contributed by atoms with Gasteiger partial charge < -0.3 is 30.4 Å². The minimum atomic E-state index is -1.43. The number of nitrogens with one attached hydrogen (secondary N) is 2. The molecule has 8 heteroatoms. The van der Waals surface area contributed by atoms with Crippen LogP contribution < -0.4 is 58.6 Å². The number of carbonyl (C=O) groups excluding carboxylic acids is 2. The van der Waals surface area contributed by atoms with Crippen molar-refractivity contribution in [2.45, 2.75) is 0 Å². The molecule has 2 N–H and O–H groups in total. The normalized spacial score (nSPS) is 9.43. The van der Waals surface area contributed by atoms with Crippen LogP contribution in [0.25, 0.3) is 0 Å². The van der Waals surface area contributed by atoms with E-state index in [2.05, 4.69) is 10.6 Å². The first-order chi connectivity index (χ1) is 12.5. The van der Waals surface area contributed by atoms with Crippen LogP contribution >= 0.6 is 0 Å². The van der Waals surface area contributed by atoms with Gasteiger partial charge in [0.1, 0.15) is 0 Å². The maximum absolute atomic E-state index is 11.6. The number of hydrogen-bond donors (Lipinski definition) is 2. The van der Waals surface area contributed by atoms with Gasteiger partial charge in [-0.2, -0.15) is 0 Å². The summed E-state index contributed by atoms with van der Waals surface area (Å²) >= 11 is 0. The van der Waals surface area contributed by atoms with E-state index in [-0.39, 0.29) is 60.2 Å². The molecular formula is C20H14Li2N2O4. The number of carboxylic acid groups (broad SMARTS) is 2. The van der Waals surface area contributed by atoms with Crippen LogP contribution in [-0.4, -0.2) is 11.9 Å². The molecule has 0 saturated carbocycles. The number of para-hydroxylation sites is 2. The van der Waals surface area contributed by atoms with Crippen molar-refractivity contribution in [3.8, 4) is 0 Å². The first kappa shape index (κ1) is 23.4. The first-order valence-corrected chi connectivity index (χ1v) is 7.79. The van der Waals surface area contributed by atoms with Crippen LogP contribution in [0.5, 0.6) is 0 Å². The molecule has 0 fully saturated rings. The van der Waals surface area contributed by atoms with E-state index in [1.165, 1.54) is 12.1 Å². The van der Waals surface area contributed by atoms with Gasteiger partial charge in [0.05, 0.1) is 11.9 Å². The van der Waals surface area contributed by atoms with Gasteiger partial charge in [-0.1, -0.05) is 36.4 Å². The summed E-state index contributed by atoms with van der Waals surface area (Å²) in [7, 11) is 0. The number of benzene rings is 3. The number of hydrogen-bond acceptors (Lipinski definition) is 6. The second kappa shape index (κ2) is 10.7. The van der Waals surface area contributed by atoms with Gasteiger partial charge in [0.15, 0.2) is 0 Å². The average Bonchev–Trinajstić information content (AvgIpc) is 2.64. The van der Waals surface area contributed by atoms with Gasteiger partial charge in [-0.3, -0.25) is 0 Å². The average molecular weight is 360 g/mol. The quantitative estimate of drug-likeness (QED) is 0.433. The van der Waals surface area contributed by atoms with E-state index >= 15 is 0 Å². The zero-order valence-corrected chi connectivity index (χ0v) is 15.6. The van der Waals surface area contributed by atoms with Crippen molar-refractivity contribution in [1.82, 2.24) is 0 Å². The number of carbonyl (C=O) groups is 2. The van der Waals surface area contributed by atoms with Crippen LogP contribution in [0.2, 0.25) is 0 Å². The van der Waals surface area contributed by atoms with Gasteiger partial charge in [-0.05, 0) is 36.4 Å². The molecule has 0 heterocycles. The van der Waals surface area contributed by atoms with Crippen LogP contribution in [0.4, 0.5) is 22.7 Å². The predicted molar refractivity (Wildman–Crippen MR) is 94.6 cm³/mol. The molecule has 0 amide bonds. The molecule has 0 aromatic heterocycles. The van der Waals surface area contributed by atoms with E-state index in [9.17, 15) is 19.8 Å². The Bertz CT molecular complexity index is 872. The van der Waals surface area contributed by atoms with Gasteiger partial charge in [-0.25, -0.2) is 0 Å². The van der Waals surface area contributed by atoms with E-state index in [0.29, 0.717) is 11.4 Å². The van der Waals surface area contributed by atoms with E-state index in [0.717, 1.165) is 0 Å². The molecular weight excluding hydrogens is 346 g/mol. The Balaban J connectivity index is 0.00000196. The monoisotopic (exact) mass is 360 g/mol. The summed E-state index contributed by atoms with van der Waals surface area (Å²) in [6.45, 7) is 0. The van der Waals surface area contributed by atoms with E-state index in [4.69, 9.17) is 0 Å². The van der Waals surface area contributed by atoms with Gasteiger partial charge >= 0.3 is 37.7 Å². The van der Waals surface area contributed by atoms with Crippen molar-refractivity contribution in [3.05, 3.63) is 83.9 Å². The fourth-order valence-corrected chi connectivity index (χ4v) is 2.50. The topological polar surface area (TPSA) is 104 Å². The molecule has 3 aromatic rings. The summed E-state index contributed by atoms with van der Waals surface area (Å²) in [5, 5.41) is 28.9. The molecule has 28 heavy (non-hydrogen) atoms. The van der Waals surface area contributed by atoms with Crippen LogP contribution in [0.1, 0.15) is 20.7 Å². The van der Waals surface area contributed by atoms with Gasteiger partial charge in [-0.15, -0.1) is 0 Å². The van der Waals surface area contributed by atoms with Gasteiger partial charge in [0.25, 0.3) is 0 Å². The fraction of sp³-hybridized carbons (Fsp3) is 0. The molecule has 0 bridgehead atoms. The summed E-state index contributed by atoms with van der Waals surface area (Å²) in [5.74, 6) is -2.85. The third-order valence-electron chi connectivity index (χ3n) is 3.70. The van der Waals surface area contributed by atoms with E-state index < -0.39 is 11.9 Å². The van der Waals surface area contributed by atoms with Crippen LogP contribution in [0.3, 0.4) is 0 Å². The molecule has 0 aliphatic carbocycles. The van der Waals surface area contributed by atoms with E-state index in [1.807, 2.05) is 12.1 Å². The maximum Gasteiger partial charge on any atom is 1.00 e. The van der Waals surface area contributed by atoms with Gasteiger partial charge in [0, 0.05) is 33.9 Å². The van der Waals surface area contributed by atoms with Crippen molar-refractivity contribution in [3.63, 3.8) is 0 Å². The zero-order chi connectivity index (χ0) is 18.5. The molecule has 0 aliphatic rings. The molecule has 3 aromatic carbocycles. The molecule has 6 nitrogen and oxygen atoms in total. The van der Waals surface area contributed by atoms with E-state index in [1.54, 1.807) is 48.5 Å². The SMILES string of the molecule is O=C([O-])c1cc(Nc2ccccc2)c(C(=O)[O-])cc1Nc1ccccc1.[Li+].[Li+]. The second-order valence-electron chi connectivity index (χ2n) is 5.50. The first-order valence-electron chi connectivity index (χ1n) is 7.79. The van der Waals surface area contributed by atoms with Crippen molar-refractivity contribution in [1.29, 1.82) is 0 Å². The zero-order valence-electron chi connectivity index (χ0n) is 15.6. The summed E-state index contributed by atoms with van der Waals surface area (Å²) in [5.41, 5.74) is 1.10. The standard InChI is InChI=1S/C20H16N2O4.2Li/c23-19(24)15-12-18(22-14-9-5-2-6-10-14)16(20(25)26)11-17(15)21-13-7-3-1-4-8-13;;/h1-12,21-22H,(H,23,24)(H,25,26);;/q;2*+1/p-2. The molecule has 0 aliphatic heterocycles. The summed E-state index contributed by atoms with van der Waals surface area (Å²) in [4.78, 5) is 23.1. The largest absolute Gasteiger partial charge is 1.00 e. The molecule has 0 spiro atoms. The van der Waals surface area contributed by atoms with Crippen molar-refractivity contribution in [2.24, 2.45) is 0 Å². The van der Waals surface area contributed by atoms with Crippen molar-refractivity contribution < 1.29 is 57.5 Å². The maximum atomic E-state index is 11.6. The Morgan fingerprint density at radius 3 is 1.21 bits per heavy atom. The molecule has 0 saturated heterocycles. The number of aromatic carboxylic acids is 2. The Morgan fingerprint density at radius 2 is 0.929 bits per heavy atom. The van der Waals surface area contributed by atoms with Crippen molar-refractivity contribution in [2.75, 3.05) is 10.6 Å². The van der Waals surface area contributed by atoms with Crippen molar-refractivity contribution >= 4 is 34.7 Å². The van der Waals surface area contributed by atoms with Crippen LogP contribution in [0, 0.1) is 0 Å². The molecule has 130 valence electrons. The molecule has 0 atom stereocenters. The fourth-order valence-electron chi connectivity index (χ4n) is 2.50. The number of carboxylic acids is 2. The van der Waals surface area contributed by atoms with Crippen LogP contribution in [-0.2, 0) is 0 Å². The van der Waals surface area contributed by atoms with Crippen LogP contribution in [0.15, 0.2) is 72.8 Å². The Labute approximate surface area is 186 Å². The smallest absolute Gasteiger partial charge is 0.545 e. The summed E-state index contributed by atoms with van der Waals surface area (Å²) < 4.78 is 0. The molecule has 0 radical (unpaired) electrons. The predicted octanol–water partition coefficient (Wildman–Crippen LogP) is -4.09. The third kappa shape index (κ3) is 5.69. The summed E-state index contributed by atoms with van der Waals surface area (Å²) in [6.07, 6.45) is 0. The number of rotatable bonds is 6. The molecule has 0 unspecified atom stereocenters.